The number of anilines is 2. The molecule has 6 rings (SSSR count). The fourth-order valence-corrected chi connectivity index (χ4v) is 7.82. The van der Waals surface area contributed by atoms with Crippen molar-refractivity contribution in [1.82, 2.24) is 23.9 Å². The molecule has 0 aromatic carbocycles. The Morgan fingerprint density at radius 2 is 1.82 bits per heavy atom. The summed E-state index contributed by atoms with van der Waals surface area (Å²) in [5, 5.41) is 18.1. The molecule has 4 heterocycles. The second-order valence-electron chi connectivity index (χ2n) is 11.4. The van der Waals surface area contributed by atoms with Crippen LogP contribution in [-0.2, 0) is 14.8 Å². The third-order valence-electron chi connectivity index (χ3n) is 8.38. The van der Waals surface area contributed by atoms with Gasteiger partial charge in [0.2, 0.25) is 16.0 Å². The summed E-state index contributed by atoms with van der Waals surface area (Å²) in [5.41, 5.74) is 4.11. The summed E-state index contributed by atoms with van der Waals surface area (Å²) in [4.78, 5) is 11.4. The minimum absolute atomic E-state index is 0.0632. The first kappa shape index (κ1) is 27.4. The number of aromatic nitrogens is 4. The van der Waals surface area contributed by atoms with E-state index in [9.17, 15) is 13.5 Å². The van der Waals surface area contributed by atoms with Gasteiger partial charge in [0.1, 0.15) is 5.82 Å². The van der Waals surface area contributed by atoms with Crippen molar-refractivity contribution in [2.45, 2.75) is 68.8 Å². The normalized spacial score (nSPS) is 23.4. The molecule has 216 valence electrons. The topological polar surface area (TPSA) is 125 Å². The number of piperazine rings is 1. The minimum Gasteiger partial charge on any atom is -0.393 e. The van der Waals surface area contributed by atoms with Crippen LogP contribution in [0.2, 0.25) is 0 Å². The molecule has 11 nitrogen and oxygen atoms in total. The Kier molecular flexibility index (Phi) is 7.68. The molecule has 0 spiro atoms. The zero-order valence-electron chi connectivity index (χ0n) is 23.2. The molecule has 3 aromatic heterocycles. The van der Waals surface area contributed by atoms with Crippen molar-refractivity contribution in [2.24, 2.45) is 0 Å². The average molecular weight is 570 g/mol. The van der Waals surface area contributed by atoms with E-state index in [4.69, 9.17) is 9.84 Å². The van der Waals surface area contributed by atoms with Crippen LogP contribution >= 0.6 is 0 Å². The molecule has 1 atom stereocenters. The van der Waals surface area contributed by atoms with Crippen LogP contribution in [0.25, 0.3) is 16.6 Å². The molecule has 0 bridgehead atoms. The summed E-state index contributed by atoms with van der Waals surface area (Å²) >= 11 is 0. The van der Waals surface area contributed by atoms with Gasteiger partial charge in [-0.2, -0.15) is 4.31 Å². The van der Waals surface area contributed by atoms with E-state index >= 15 is 0 Å². The number of nitrogens with zero attached hydrogens (tertiary/aromatic N) is 6. The SMILES string of the molecule is COC[C@H](C)Nc1ncc2c(-c3ccnc(N4CCN(S(=O)(=O)C5CC5)CC4)c3)cc([C@H]3CC[C@H](O)CC3)n2n1. The zero-order valence-corrected chi connectivity index (χ0v) is 24.1. The fraction of sp³-hybridized carbons (Fsp3) is 0.607. The van der Waals surface area contributed by atoms with Gasteiger partial charge in [0.15, 0.2) is 0 Å². The molecule has 2 aliphatic carbocycles. The van der Waals surface area contributed by atoms with Gasteiger partial charge in [0, 0.05) is 62.7 Å². The van der Waals surface area contributed by atoms with Crippen LogP contribution in [0.15, 0.2) is 30.6 Å². The number of ether oxygens (including phenoxy) is 1. The molecule has 3 aliphatic rings. The van der Waals surface area contributed by atoms with Gasteiger partial charge in [-0.25, -0.2) is 22.9 Å². The van der Waals surface area contributed by atoms with E-state index in [-0.39, 0.29) is 17.4 Å². The number of pyridine rings is 1. The minimum atomic E-state index is -3.15. The molecule has 3 aromatic rings. The summed E-state index contributed by atoms with van der Waals surface area (Å²) in [7, 11) is -1.48. The highest BCUT2D eigenvalue weighted by molar-refractivity contribution is 7.90. The first-order valence-corrected chi connectivity index (χ1v) is 15.9. The van der Waals surface area contributed by atoms with Crippen LogP contribution in [-0.4, -0.2) is 94.7 Å². The number of rotatable bonds is 9. The summed E-state index contributed by atoms with van der Waals surface area (Å²) in [6, 6.07) is 6.37. The Morgan fingerprint density at radius 3 is 2.52 bits per heavy atom. The largest absolute Gasteiger partial charge is 0.393 e. The molecule has 0 amide bonds. The molecule has 0 unspecified atom stereocenters. The fourth-order valence-electron chi connectivity index (χ4n) is 5.99. The highest BCUT2D eigenvalue weighted by atomic mass is 32.2. The summed E-state index contributed by atoms with van der Waals surface area (Å²) < 4.78 is 34.3. The first-order chi connectivity index (χ1) is 19.3. The van der Waals surface area contributed by atoms with Gasteiger partial charge >= 0.3 is 0 Å². The molecule has 1 saturated heterocycles. The maximum atomic E-state index is 12.7. The average Bonchev–Trinajstić information content (AvgIpc) is 3.76. The molecule has 12 heteroatoms. The van der Waals surface area contributed by atoms with Crippen molar-refractivity contribution < 1.29 is 18.3 Å². The molecule has 40 heavy (non-hydrogen) atoms. The second kappa shape index (κ2) is 11.2. The lowest BCUT2D eigenvalue weighted by Gasteiger charge is -2.34. The third-order valence-corrected chi connectivity index (χ3v) is 10.8. The number of hydrogen-bond donors (Lipinski definition) is 2. The van der Waals surface area contributed by atoms with Gasteiger partial charge in [0.05, 0.1) is 29.7 Å². The van der Waals surface area contributed by atoms with Crippen molar-refractivity contribution in [3.63, 3.8) is 0 Å². The molecule has 1 aliphatic heterocycles. The Labute approximate surface area is 235 Å². The monoisotopic (exact) mass is 569 g/mol. The van der Waals surface area contributed by atoms with Gasteiger partial charge in [-0.05, 0) is 69.2 Å². The number of methoxy groups -OCH3 is 1. The third kappa shape index (κ3) is 5.54. The Morgan fingerprint density at radius 1 is 1.07 bits per heavy atom. The van der Waals surface area contributed by atoms with Crippen molar-refractivity contribution in [3.8, 4) is 11.1 Å². The number of nitrogens with one attached hydrogen (secondary N) is 1. The van der Waals surface area contributed by atoms with Gasteiger partial charge < -0.3 is 20.1 Å². The van der Waals surface area contributed by atoms with Crippen LogP contribution in [0, 0.1) is 0 Å². The van der Waals surface area contributed by atoms with Gasteiger partial charge in [-0.1, -0.05) is 0 Å². The molecule has 0 radical (unpaired) electrons. The lowest BCUT2D eigenvalue weighted by molar-refractivity contribution is 0.121. The van der Waals surface area contributed by atoms with Gasteiger partial charge in [-0.15, -0.1) is 5.10 Å². The standard InChI is InChI=1S/C28H39N7O4S/c1-19(18-39-2)31-28-30-17-26-24(16-25(35(26)32-28)20-3-5-22(36)6-4-20)21-9-10-29-27(15-21)33-11-13-34(14-12-33)40(37,38)23-7-8-23/h9-10,15-17,19-20,22-23,36H,3-8,11-14,18H2,1-2H3,(H,31,32)/t19-,20-,22-/m0/s1. The van der Waals surface area contributed by atoms with E-state index in [0.29, 0.717) is 44.7 Å². The molecule has 2 saturated carbocycles. The first-order valence-electron chi connectivity index (χ1n) is 14.4. The maximum Gasteiger partial charge on any atom is 0.241 e. The highest BCUT2D eigenvalue weighted by Crippen LogP contribution is 2.38. The van der Waals surface area contributed by atoms with Crippen molar-refractivity contribution >= 4 is 27.3 Å². The highest BCUT2D eigenvalue weighted by Gasteiger charge is 2.41. The molecular formula is C28H39N7O4S. The molecular weight excluding hydrogens is 530 g/mol. The van der Waals surface area contributed by atoms with E-state index < -0.39 is 10.0 Å². The van der Waals surface area contributed by atoms with Crippen molar-refractivity contribution in [2.75, 3.05) is 50.1 Å². The van der Waals surface area contributed by atoms with E-state index in [1.165, 1.54) is 0 Å². The number of aliphatic hydroxyl groups excluding tert-OH is 1. The van der Waals surface area contributed by atoms with Crippen molar-refractivity contribution in [3.05, 3.63) is 36.3 Å². The van der Waals surface area contributed by atoms with Crippen LogP contribution in [0.4, 0.5) is 11.8 Å². The smallest absolute Gasteiger partial charge is 0.241 e. The zero-order chi connectivity index (χ0) is 27.9. The number of sulfonamides is 1. The predicted molar refractivity (Wildman–Crippen MR) is 154 cm³/mol. The lowest BCUT2D eigenvalue weighted by Crippen LogP contribution is -2.49. The lowest BCUT2D eigenvalue weighted by atomic mass is 9.85. The van der Waals surface area contributed by atoms with E-state index in [0.717, 1.165) is 66.7 Å². The van der Waals surface area contributed by atoms with Gasteiger partial charge in [-0.3, -0.25) is 0 Å². The van der Waals surface area contributed by atoms with E-state index in [2.05, 4.69) is 32.3 Å². The second-order valence-corrected chi connectivity index (χ2v) is 13.6. The summed E-state index contributed by atoms with van der Waals surface area (Å²) in [6.07, 6.45) is 8.43. The molecule has 3 fully saturated rings. The summed E-state index contributed by atoms with van der Waals surface area (Å²) in [6.45, 7) is 4.79. The Bertz CT molecular complexity index is 1440. The van der Waals surface area contributed by atoms with Crippen LogP contribution < -0.4 is 10.2 Å². The van der Waals surface area contributed by atoms with E-state index in [1.54, 1.807) is 11.4 Å². The number of fused-ring (bicyclic) bond motifs is 1. The molecule has 2 N–H and O–H groups in total. The quantitative estimate of drug-likeness (QED) is 0.400. The van der Waals surface area contributed by atoms with Crippen LogP contribution in [0.1, 0.15) is 57.1 Å². The Hall–Kier alpha value is -2.80. The van der Waals surface area contributed by atoms with Gasteiger partial charge in [0.25, 0.3) is 0 Å². The summed E-state index contributed by atoms with van der Waals surface area (Å²) in [5.74, 6) is 1.69. The predicted octanol–water partition coefficient (Wildman–Crippen LogP) is 2.87. The number of hydrogen-bond acceptors (Lipinski definition) is 9. The van der Waals surface area contributed by atoms with Crippen LogP contribution in [0.3, 0.4) is 0 Å². The van der Waals surface area contributed by atoms with E-state index in [1.807, 2.05) is 29.9 Å². The number of aliphatic hydroxyl groups is 1. The van der Waals surface area contributed by atoms with Crippen molar-refractivity contribution in [1.29, 1.82) is 0 Å². The van der Waals surface area contributed by atoms with Crippen LogP contribution in [0.5, 0.6) is 0 Å². The Balaban J connectivity index is 1.29. The maximum absolute atomic E-state index is 12.7.